The Morgan fingerprint density at radius 2 is 2.28 bits per heavy atom. The molecule has 0 N–H and O–H groups in total. The second-order valence-electron chi connectivity index (χ2n) is 5.66. The molecule has 0 radical (unpaired) electrons. The number of nitrogens with zero attached hydrogens (tertiary/aromatic N) is 2. The number of rotatable bonds is 0. The molecule has 0 aromatic heterocycles. The lowest BCUT2D eigenvalue weighted by molar-refractivity contribution is -0.134. The predicted octanol–water partition coefficient (Wildman–Crippen LogP) is 1.53. The summed E-state index contributed by atoms with van der Waals surface area (Å²) in [6, 6.07) is 1.99. The van der Waals surface area contributed by atoms with Crippen LogP contribution in [-0.2, 0) is 9.59 Å². The van der Waals surface area contributed by atoms with Crippen molar-refractivity contribution >= 4 is 11.7 Å². The zero-order chi connectivity index (χ0) is 13.5. The van der Waals surface area contributed by atoms with E-state index in [-0.39, 0.29) is 34.5 Å². The summed E-state index contributed by atoms with van der Waals surface area (Å²) in [5, 5.41) is 9.04. The molecule has 0 unspecified atom stereocenters. The fourth-order valence-electron chi connectivity index (χ4n) is 3.39. The maximum Gasteiger partial charge on any atom is 0.219 e. The van der Waals surface area contributed by atoms with E-state index in [1.165, 1.54) is 0 Å². The van der Waals surface area contributed by atoms with E-state index >= 15 is 0 Å². The van der Waals surface area contributed by atoms with Crippen LogP contribution in [-0.4, -0.2) is 29.7 Å². The second kappa shape index (κ2) is 4.24. The van der Waals surface area contributed by atoms with Crippen molar-refractivity contribution in [1.82, 2.24) is 4.90 Å². The van der Waals surface area contributed by atoms with E-state index in [9.17, 15) is 9.59 Å². The first-order chi connectivity index (χ1) is 8.39. The van der Waals surface area contributed by atoms with E-state index in [0.717, 1.165) is 6.42 Å². The minimum Gasteiger partial charge on any atom is -0.342 e. The Bertz CT molecular complexity index is 475. The number of piperidine rings is 1. The Kier molecular flexibility index (Phi) is 3.02. The highest BCUT2D eigenvalue weighted by atomic mass is 16.2. The van der Waals surface area contributed by atoms with E-state index in [1.54, 1.807) is 13.0 Å². The van der Waals surface area contributed by atoms with Crippen LogP contribution < -0.4 is 0 Å². The number of hydrogen-bond donors (Lipinski definition) is 0. The average molecular weight is 246 g/mol. The molecule has 4 heteroatoms. The van der Waals surface area contributed by atoms with Crippen molar-refractivity contribution in [3.63, 3.8) is 0 Å². The normalized spacial score (nSPS) is 35.6. The number of carbonyl (C=O) groups excluding carboxylic acids is 2. The van der Waals surface area contributed by atoms with Crippen LogP contribution in [0.1, 0.15) is 27.2 Å². The maximum absolute atomic E-state index is 12.0. The number of carbonyl (C=O) groups is 2. The molecule has 1 fully saturated rings. The molecular formula is C14H18N2O2. The third kappa shape index (κ3) is 1.84. The molecule has 1 amide bonds. The van der Waals surface area contributed by atoms with E-state index in [4.69, 9.17) is 5.26 Å². The third-order valence-electron chi connectivity index (χ3n) is 4.41. The molecule has 1 heterocycles. The van der Waals surface area contributed by atoms with Gasteiger partial charge in [-0.25, -0.2) is 0 Å². The van der Waals surface area contributed by atoms with Gasteiger partial charge in [-0.1, -0.05) is 19.9 Å². The molecule has 1 aliphatic heterocycles. The first-order valence-corrected chi connectivity index (χ1v) is 6.32. The van der Waals surface area contributed by atoms with Crippen LogP contribution in [0.4, 0.5) is 0 Å². The number of ketones is 1. The largest absolute Gasteiger partial charge is 0.342 e. The lowest BCUT2D eigenvalue weighted by Gasteiger charge is -2.48. The molecule has 96 valence electrons. The first-order valence-electron chi connectivity index (χ1n) is 6.32. The Morgan fingerprint density at radius 3 is 2.83 bits per heavy atom. The van der Waals surface area contributed by atoms with Crippen molar-refractivity contribution in [3.05, 3.63) is 11.6 Å². The van der Waals surface area contributed by atoms with Crippen LogP contribution in [0.5, 0.6) is 0 Å². The van der Waals surface area contributed by atoms with Crippen molar-refractivity contribution in [2.24, 2.45) is 17.3 Å². The summed E-state index contributed by atoms with van der Waals surface area (Å²) in [6.07, 6.45) is 2.62. The minimum absolute atomic E-state index is 0.0451. The van der Waals surface area contributed by atoms with Crippen molar-refractivity contribution in [1.29, 1.82) is 5.26 Å². The number of likely N-dealkylation sites (tertiary alicyclic amines) is 1. The van der Waals surface area contributed by atoms with E-state index in [2.05, 4.69) is 0 Å². The van der Waals surface area contributed by atoms with Crippen LogP contribution in [0.2, 0.25) is 0 Å². The highest BCUT2D eigenvalue weighted by molar-refractivity contribution is 6.01. The summed E-state index contributed by atoms with van der Waals surface area (Å²) in [6.45, 7) is 6.83. The fourth-order valence-corrected chi connectivity index (χ4v) is 3.39. The summed E-state index contributed by atoms with van der Waals surface area (Å²) in [5.41, 5.74) is 0.00845. The number of allylic oxidation sites excluding steroid dienone is 1. The molecule has 2 aliphatic rings. The molecule has 1 aliphatic carbocycles. The number of nitriles is 1. The van der Waals surface area contributed by atoms with Gasteiger partial charge in [0.2, 0.25) is 5.91 Å². The quantitative estimate of drug-likeness (QED) is 0.651. The lowest BCUT2D eigenvalue weighted by Crippen LogP contribution is -2.52. The van der Waals surface area contributed by atoms with Crippen molar-refractivity contribution in [2.75, 3.05) is 13.1 Å². The molecule has 3 atom stereocenters. The number of fused-ring (bicyclic) bond motifs is 1. The van der Waals surface area contributed by atoms with Gasteiger partial charge >= 0.3 is 0 Å². The van der Waals surface area contributed by atoms with Gasteiger partial charge in [-0.2, -0.15) is 5.26 Å². The fraction of sp³-hybridized carbons (Fsp3) is 0.643. The van der Waals surface area contributed by atoms with Crippen LogP contribution in [0, 0.1) is 28.6 Å². The number of hydrogen-bond acceptors (Lipinski definition) is 3. The molecular weight excluding hydrogens is 228 g/mol. The van der Waals surface area contributed by atoms with Gasteiger partial charge in [-0.05, 0) is 12.3 Å². The molecule has 0 aromatic rings. The van der Waals surface area contributed by atoms with Crippen LogP contribution in [0.3, 0.4) is 0 Å². The lowest BCUT2D eigenvalue weighted by atomic mass is 9.61. The Hall–Kier alpha value is -1.63. The Labute approximate surface area is 107 Å². The Morgan fingerprint density at radius 1 is 1.61 bits per heavy atom. The van der Waals surface area contributed by atoms with E-state index < -0.39 is 0 Å². The van der Waals surface area contributed by atoms with Gasteiger partial charge in [0, 0.05) is 31.3 Å². The standard InChI is InChI=1S/C14H18N2O2/c1-9-12-4-5-16(10(2)17)8-14(12,3)6-11(7-15)13(9)18/h6,9,12H,4-5,8H2,1-3H3/t9-,12-,14+/m1/s1. The van der Waals surface area contributed by atoms with Crippen molar-refractivity contribution in [3.8, 4) is 6.07 Å². The predicted molar refractivity (Wildman–Crippen MR) is 66.3 cm³/mol. The zero-order valence-electron chi connectivity index (χ0n) is 11.1. The molecule has 0 aromatic carbocycles. The highest BCUT2D eigenvalue weighted by Crippen LogP contribution is 2.45. The van der Waals surface area contributed by atoms with Crippen molar-refractivity contribution < 1.29 is 9.59 Å². The maximum atomic E-state index is 12.0. The Balaban J connectivity index is 2.39. The van der Waals surface area contributed by atoms with Gasteiger partial charge in [0.05, 0.1) is 5.57 Å². The third-order valence-corrected chi connectivity index (χ3v) is 4.41. The van der Waals surface area contributed by atoms with Crippen molar-refractivity contribution in [2.45, 2.75) is 27.2 Å². The molecule has 1 saturated heterocycles. The van der Waals surface area contributed by atoms with E-state index in [1.807, 2.05) is 24.8 Å². The number of Topliss-reactive ketones (excluding diaryl/α,β-unsaturated/α-hetero) is 1. The number of amides is 1. The van der Waals surface area contributed by atoms with Gasteiger partial charge in [-0.15, -0.1) is 0 Å². The summed E-state index contributed by atoms with van der Waals surface area (Å²) in [7, 11) is 0. The average Bonchev–Trinajstić information content (AvgIpc) is 2.33. The molecule has 18 heavy (non-hydrogen) atoms. The monoisotopic (exact) mass is 246 g/mol. The van der Waals surface area contributed by atoms with Gasteiger partial charge in [0.1, 0.15) is 6.07 Å². The van der Waals surface area contributed by atoms with E-state index in [0.29, 0.717) is 13.1 Å². The summed E-state index contributed by atoms with van der Waals surface area (Å²) in [5.74, 6) is 0.129. The van der Waals surface area contributed by atoms with Crippen LogP contribution in [0.15, 0.2) is 11.6 Å². The topological polar surface area (TPSA) is 61.2 Å². The highest BCUT2D eigenvalue weighted by Gasteiger charge is 2.47. The van der Waals surface area contributed by atoms with Crippen LogP contribution >= 0.6 is 0 Å². The smallest absolute Gasteiger partial charge is 0.219 e. The molecule has 2 rings (SSSR count). The molecule has 0 bridgehead atoms. The summed E-state index contributed by atoms with van der Waals surface area (Å²) >= 11 is 0. The molecule has 4 nitrogen and oxygen atoms in total. The summed E-state index contributed by atoms with van der Waals surface area (Å²) < 4.78 is 0. The summed E-state index contributed by atoms with van der Waals surface area (Å²) in [4.78, 5) is 25.3. The van der Waals surface area contributed by atoms with Crippen LogP contribution in [0.25, 0.3) is 0 Å². The first kappa shape index (κ1) is 12.8. The van der Waals surface area contributed by atoms with Gasteiger partial charge in [0.25, 0.3) is 0 Å². The van der Waals surface area contributed by atoms with Gasteiger partial charge in [0.15, 0.2) is 5.78 Å². The second-order valence-corrected chi connectivity index (χ2v) is 5.66. The minimum atomic E-state index is -0.248. The zero-order valence-corrected chi connectivity index (χ0v) is 11.1. The molecule has 0 saturated carbocycles. The molecule has 0 spiro atoms. The van der Waals surface area contributed by atoms with Gasteiger partial charge in [-0.3, -0.25) is 9.59 Å². The SMILES string of the molecule is CC(=O)N1CC[C@@H]2[C@@H](C)C(=O)C(C#N)=C[C@@]2(C)C1. The van der Waals surface area contributed by atoms with Gasteiger partial charge < -0.3 is 4.90 Å².